The summed E-state index contributed by atoms with van der Waals surface area (Å²) < 4.78 is 42.0. The summed E-state index contributed by atoms with van der Waals surface area (Å²) in [5, 5.41) is 13.7. The number of hydrogen-bond acceptors (Lipinski definition) is 10. The summed E-state index contributed by atoms with van der Waals surface area (Å²) in [6.07, 6.45) is -1.65. The Morgan fingerprint density at radius 1 is 1.33 bits per heavy atom. The number of aliphatic hydroxyl groups is 1. The maximum Gasteiger partial charge on any atom is 0.459 e. The third-order valence-corrected chi connectivity index (χ3v) is 7.71. The van der Waals surface area contributed by atoms with Gasteiger partial charge in [0.05, 0.1) is 13.7 Å². The monoisotopic (exact) mass is 525 g/mol. The number of carbonyl (C=O) groups excluding carboxylic acids is 1. The number of methoxy groups -OCH3 is 1. The average Bonchev–Trinajstić information content (AvgIpc) is 3.45. The van der Waals surface area contributed by atoms with Crippen LogP contribution in [0.15, 0.2) is 52.2 Å². The highest BCUT2D eigenvalue weighted by Crippen LogP contribution is 2.49. The normalized spacial score (nSPS) is 28.0. The lowest BCUT2D eigenvalue weighted by atomic mass is 9.91. The summed E-state index contributed by atoms with van der Waals surface area (Å²) in [4.78, 5) is 39.3. The van der Waals surface area contributed by atoms with Crippen LogP contribution in [0.5, 0.6) is 5.75 Å². The standard InChI is InChI=1S/C22H28N3O10P/c1-14(19(28)31-2)24-36(30,35-15-7-4-3-5-8-15)33-13-16-18(27)22(10-6-12-32-22)20(34-16)25-17(26)9-11-23-21(25)29/h3-5,7-9,11,14,16,18,20,27H,6,10,12-13H2,1-2H3,(H,23,29)(H,24,30)/t14-,16+,18+,20+,22-,36?/m0/s1. The van der Waals surface area contributed by atoms with E-state index in [4.69, 9.17) is 18.5 Å². The van der Waals surface area contributed by atoms with Crippen molar-refractivity contribution in [1.82, 2.24) is 14.6 Å². The summed E-state index contributed by atoms with van der Waals surface area (Å²) in [5.74, 6) is -0.497. The number of carbonyl (C=O) groups is 1. The van der Waals surface area contributed by atoms with E-state index in [2.05, 4.69) is 14.8 Å². The van der Waals surface area contributed by atoms with Gasteiger partial charge in [0.15, 0.2) is 6.23 Å². The zero-order chi connectivity index (χ0) is 25.9. The molecule has 0 amide bonds. The quantitative estimate of drug-likeness (QED) is 0.311. The van der Waals surface area contributed by atoms with Gasteiger partial charge in [0, 0.05) is 18.9 Å². The van der Waals surface area contributed by atoms with Crippen LogP contribution in [0.1, 0.15) is 26.0 Å². The lowest BCUT2D eigenvalue weighted by Gasteiger charge is -2.31. The topological polar surface area (TPSA) is 167 Å². The lowest BCUT2D eigenvalue weighted by molar-refractivity contribution is -0.142. The first-order valence-electron chi connectivity index (χ1n) is 11.3. The Labute approximate surface area is 205 Å². The molecule has 3 heterocycles. The highest BCUT2D eigenvalue weighted by atomic mass is 31.2. The van der Waals surface area contributed by atoms with Crippen LogP contribution < -0.4 is 20.9 Å². The number of aliphatic hydroxyl groups excluding tert-OH is 1. The number of para-hydroxylation sites is 1. The molecule has 3 N–H and O–H groups in total. The number of H-pyrrole nitrogens is 1. The zero-order valence-electron chi connectivity index (χ0n) is 19.7. The van der Waals surface area contributed by atoms with E-state index in [0.717, 1.165) is 10.6 Å². The fourth-order valence-corrected chi connectivity index (χ4v) is 5.84. The predicted octanol–water partition coefficient (Wildman–Crippen LogP) is 0.699. The Bertz CT molecular complexity index is 1200. The third kappa shape index (κ3) is 5.17. The van der Waals surface area contributed by atoms with Gasteiger partial charge in [0.1, 0.15) is 29.6 Å². The second kappa shape index (κ2) is 10.7. The summed E-state index contributed by atoms with van der Waals surface area (Å²) in [6.45, 7) is 1.23. The number of nitrogens with one attached hydrogen (secondary N) is 2. The summed E-state index contributed by atoms with van der Waals surface area (Å²) in [5.41, 5.74) is -2.76. The van der Waals surface area contributed by atoms with Gasteiger partial charge < -0.3 is 28.8 Å². The van der Waals surface area contributed by atoms with Crippen molar-refractivity contribution in [3.05, 3.63) is 63.4 Å². The van der Waals surface area contributed by atoms with E-state index < -0.39 is 61.7 Å². The number of nitrogens with zero attached hydrogens (tertiary/aromatic N) is 1. The maximum atomic E-state index is 13.6. The Kier molecular flexibility index (Phi) is 7.79. The van der Waals surface area contributed by atoms with Gasteiger partial charge in [0.25, 0.3) is 5.56 Å². The molecule has 13 nitrogen and oxygen atoms in total. The van der Waals surface area contributed by atoms with E-state index >= 15 is 0 Å². The minimum absolute atomic E-state index is 0.203. The van der Waals surface area contributed by atoms with E-state index in [-0.39, 0.29) is 12.4 Å². The van der Waals surface area contributed by atoms with Gasteiger partial charge in [0.2, 0.25) is 0 Å². The molecule has 2 aromatic rings. The number of benzene rings is 1. The lowest BCUT2D eigenvalue weighted by Crippen LogP contribution is -2.51. The van der Waals surface area contributed by atoms with Gasteiger partial charge in [-0.1, -0.05) is 18.2 Å². The van der Waals surface area contributed by atoms with E-state index in [1.165, 1.54) is 20.2 Å². The van der Waals surface area contributed by atoms with Gasteiger partial charge in [-0.25, -0.2) is 13.9 Å². The van der Waals surface area contributed by atoms with Crippen LogP contribution in [-0.4, -0.2) is 64.8 Å². The van der Waals surface area contributed by atoms with Gasteiger partial charge in [-0.15, -0.1) is 0 Å². The molecular formula is C22H28N3O10P. The van der Waals surface area contributed by atoms with Crippen LogP contribution in [0.25, 0.3) is 0 Å². The summed E-state index contributed by atoms with van der Waals surface area (Å²) in [6, 6.07) is 8.25. The highest BCUT2D eigenvalue weighted by molar-refractivity contribution is 7.52. The smallest absolute Gasteiger partial charge is 0.459 e. The van der Waals surface area contributed by atoms with Crippen molar-refractivity contribution in [3.8, 4) is 5.75 Å². The van der Waals surface area contributed by atoms with Gasteiger partial charge in [-0.3, -0.25) is 14.1 Å². The highest BCUT2D eigenvalue weighted by Gasteiger charge is 2.60. The number of ether oxygens (including phenoxy) is 3. The van der Waals surface area contributed by atoms with Crippen LogP contribution >= 0.6 is 7.75 Å². The molecule has 2 aliphatic rings. The molecule has 0 aliphatic carbocycles. The van der Waals surface area contributed by atoms with Crippen LogP contribution in [-0.2, 0) is 28.1 Å². The van der Waals surface area contributed by atoms with Crippen LogP contribution in [0, 0.1) is 0 Å². The Morgan fingerprint density at radius 2 is 2.08 bits per heavy atom. The average molecular weight is 525 g/mol. The molecule has 0 saturated carbocycles. The molecule has 6 atom stereocenters. The molecule has 1 unspecified atom stereocenters. The maximum absolute atomic E-state index is 13.6. The van der Waals surface area contributed by atoms with Crippen molar-refractivity contribution < 1.29 is 37.7 Å². The second-order valence-corrected chi connectivity index (χ2v) is 10.1. The molecule has 0 radical (unpaired) electrons. The third-order valence-electron chi connectivity index (χ3n) is 6.06. The van der Waals surface area contributed by atoms with Gasteiger partial charge in [-0.2, -0.15) is 5.09 Å². The van der Waals surface area contributed by atoms with Gasteiger partial charge >= 0.3 is 19.4 Å². The molecule has 4 rings (SSSR count). The SMILES string of the molecule is COC(=O)[C@H](C)NP(=O)(OC[C@H]1O[C@@H](n2c(=O)cc[nH]c2=O)[C@]2(CCCO2)[C@@H]1O)Oc1ccccc1. The first kappa shape index (κ1) is 26.3. The number of rotatable bonds is 9. The van der Waals surface area contributed by atoms with Crippen molar-refractivity contribution in [2.75, 3.05) is 20.3 Å². The summed E-state index contributed by atoms with van der Waals surface area (Å²) in [7, 11) is -3.03. The molecule has 2 fully saturated rings. The van der Waals surface area contributed by atoms with E-state index in [0.29, 0.717) is 12.8 Å². The molecule has 36 heavy (non-hydrogen) atoms. The van der Waals surface area contributed by atoms with Crippen molar-refractivity contribution >= 4 is 13.7 Å². The van der Waals surface area contributed by atoms with Crippen molar-refractivity contribution in [2.24, 2.45) is 0 Å². The predicted molar refractivity (Wildman–Crippen MR) is 124 cm³/mol. The fraction of sp³-hybridized carbons (Fsp3) is 0.500. The van der Waals surface area contributed by atoms with Crippen LogP contribution in [0.2, 0.25) is 0 Å². The molecule has 0 bridgehead atoms. The number of esters is 1. The number of aromatic amines is 1. The number of aromatic nitrogens is 2. The van der Waals surface area contributed by atoms with Gasteiger partial charge in [-0.05, 0) is 31.9 Å². The molecule has 2 aliphatic heterocycles. The molecule has 1 aromatic carbocycles. The van der Waals surface area contributed by atoms with Crippen LogP contribution in [0.4, 0.5) is 0 Å². The Morgan fingerprint density at radius 3 is 2.72 bits per heavy atom. The molecule has 2 saturated heterocycles. The van der Waals surface area contributed by atoms with Crippen molar-refractivity contribution in [2.45, 2.75) is 49.8 Å². The first-order valence-corrected chi connectivity index (χ1v) is 12.9. The number of hydrogen-bond donors (Lipinski definition) is 3. The molecule has 196 valence electrons. The largest absolute Gasteiger partial charge is 0.468 e. The van der Waals surface area contributed by atoms with E-state index in [1.54, 1.807) is 30.3 Å². The first-order chi connectivity index (χ1) is 17.2. The van der Waals surface area contributed by atoms with Crippen molar-refractivity contribution in [1.29, 1.82) is 0 Å². The van der Waals surface area contributed by atoms with E-state index in [9.17, 15) is 24.1 Å². The zero-order valence-corrected chi connectivity index (χ0v) is 20.6. The Balaban J connectivity index is 1.59. The second-order valence-electron chi connectivity index (χ2n) is 8.44. The molecular weight excluding hydrogens is 497 g/mol. The van der Waals surface area contributed by atoms with Crippen molar-refractivity contribution in [3.63, 3.8) is 0 Å². The molecule has 1 aromatic heterocycles. The minimum Gasteiger partial charge on any atom is -0.468 e. The molecule has 1 spiro atoms. The van der Waals surface area contributed by atoms with E-state index in [1.807, 2.05) is 0 Å². The van der Waals surface area contributed by atoms with Crippen LogP contribution in [0.3, 0.4) is 0 Å². The summed E-state index contributed by atoms with van der Waals surface area (Å²) >= 11 is 0. The minimum atomic E-state index is -4.22. The Hall–Kier alpha value is -2.80. The molecule has 14 heteroatoms. The fourth-order valence-electron chi connectivity index (χ4n) is 4.34.